The molecule has 3 fully saturated rings. The number of hydrogen-bond acceptors (Lipinski definition) is 5. The molecule has 7 nitrogen and oxygen atoms in total. The van der Waals surface area contributed by atoms with Crippen molar-refractivity contribution in [3.05, 3.63) is 42.2 Å². The summed E-state index contributed by atoms with van der Waals surface area (Å²) in [6.07, 6.45) is 0. The van der Waals surface area contributed by atoms with Crippen molar-refractivity contribution < 1.29 is 13.9 Å². The molecule has 152 valence electrons. The topological polar surface area (TPSA) is 83.7 Å². The Morgan fingerprint density at radius 3 is 2.52 bits per heavy atom. The highest BCUT2D eigenvalue weighted by molar-refractivity contribution is 5.92. The fraction of sp³-hybridized carbons (Fsp3) is 0.429. The number of pyridine rings is 1. The van der Waals surface area contributed by atoms with Gasteiger partial charge in [-0.05, 0) is 55.3 Å². The number of carbonyl (C=O) groups is 1. The number of benzene rings is 1. The van der Waals surface area contributed by atoms with E-state index >= 15 is 0 Å². The van der Waals surface area contributed by atoms with Crippen LogP contribution in [-0.4, -0.2) is 66.2 Å². The normalized spacial score (nSPS) is 25.6. The Labute approximate surface area is 168 Å². The van der Waals surface area contributed by atoms with E-state index in [-0.39, 0.29) is 11.8 Å². The van der Waals surface area contributed by atoms with Crippen LogP contribution in [0.1, 0.15) is 0 Å². The average Bonchev–Trinajstić information content (AvgIpc) is 3.16. The fourth-order valence-corrected chi connectivity index (χ4v) is 4.50. The van der Waals surface area contributed by atoms with E-state index in [0.717, 1.165) is 31.9 Å². The van der Waals surface area contributed by atoms with Gasteiger partial charge in [0.15, 0.2) is 5.82 Å². The number of ether oxygens (including phenoxy) is 1. The smallest absolute Gasteiger partial charge is 0.323 e. The number of nitrogen functional groups attached to an aromatic ring is 1. The first kappa shape index (κ1) is 18.3. The van der Waals surface area contributed by atoms with Crippen LogP contribution in [-0.2, 0) is 4.74 Å². The zero-order valence-corrected chi connectivity index (χ0v) is 16.2. The van der Waals surface area contributed by atoms with E-state index < -0.39 is 0 Å². The maximum atomic E-state index is 13.2. The molecule has 0 radical (unpaired) electrons. The number of likely N-dealkylation sites (tertiary alicyclic amines) is 1. The lowest BCUT2D eigenvalue weighted by atomic mass is 10.1. The molecule has 5 rings (SSSR count). The highest BCUT2D eigenvalue weighted by atomic mass is 19.1. The first-order valence-corrected chi connectivity index (χ1v) is 9.89. The third kappa shape index (κ3) is 3.32. The number of nitrogens with two attached hydrogens (primary N) is 1. The van der Waals surface area contributed by atoms with E-state index in [4.69, 9.17) is 10.5 Å². The molecule has 8 heteroatoms. The van der Waals surface area contributed by atoms with Gasteiger partial charge in [0, 0.05) is 24.7 Å². The van der Waals surface area contributed by atoms with Gasteiger partial charge in [0.1, 0.15) is 5.82 Å². The zero-order chi connectivity index (χ0) is 20.1. The first-order valence-electron chi connectivity index (χ1n) is 9.89. The quantitative estimate of drug-likeness (QED) is 0.827. The van der Waals surface area contributed by atoms with Gasteiger partial charge in [-0.2, -0.15) is 0 Å². The number of nitrogens with one attached hydrogen (secondary N) is 1. The molecule has 2 aromatic rings. The Hall–Kier alpha value is -2.71. The van der Waals surface area contributed by atoms with Gasteiger partial charge in [-0.25, -0.2) is 14.2 Å². The molecule has 29 heavy (non-hydrogen) atoms. The number of urea groups is 1. The lowest BCUT2D eigenvalue weighted by Gasteiger charge is -2.36. The highest BCUT2D eigenvalue weighted by Crippen LogP contribution is 2.49. The molecule has 2 amide bonds. The summed E-state index contributed by atoms with van der Waals surface area (Å²) in [7, 11) is 2.16. The molecule has 3 aliphatic rings. The van der Waals surface area contributed by atoms with Gasteiger partial charge >= 0.3 is 6.03 Å². The van der Waals surface area contributed by atoms with Crippen LogP contribution in [0.5, 0.6) is 0 Å². The molecule has 1 aromatic heterocycles. The Morgan fingerprint density at radius 1 is 1.21 bits per heavy atom. The number of likely N-dealkylation sites (N-methyl/N-ethyl adjacent to an activating group) is 1. The summed E-state index contributed by atoms with van der Waals surface area (Å²) >= 11 is 0. The summed E-state index contributed by atoms with van der Waals surface area (Å²) in [5.74, 6) is 1.08. The largest absolute Gasteiger partial charge is 0.396 e. The minimum atomic E-state index is -0.306. The van der Waals surface area contributed by atoms with Crippen molar-refractivity contribution in [3.8, 4) is 11.3 Å². The van der Waals surface area contributed by atoms with Crippen molar-refractivity contribution in [1.29, 1.82) is 0 Å². The molecule has 3 atom stereocenters. The molecule has 1 saturated carbocycles. The number of nitrogens with zero attached hydrogens (tertiary/aromatic N) is 3. The summed E-state index contributed by atoms with van der Waals surface area (Å²) < 4.78 is 18.4. The average molecular weight is 397 g/mol. The second-order valence-electron chi connectivity index (χ2n) is 8.15. The zero-order valence-electron chi connectivity index (χ0n) is 16.2. The number of fused-ring (bicyclic) bond motifs is 1. The van der Waals surface area contributed by atoms with Crippen LogP contribution in [0.4, 0.5) is 20.7 Å². The summed E-state index contributed by atoms with van der Waals surface area (Å²) in [4.78, 5) is 21.5. The van der Waals surface area contributed by atoms with E-state index in [0.29, 0.717) is 41.1 Å². The van der Waals surface area contributed by atoms with E-state index in [2.05, 4.69) is 22.2 Å². The predicted molar refractivity (Wildman–Crippen MR) is 108 cm³/mol. The van der Waals surface area contributed by atoms with Crippen molar-refractivity contribution >= 4 is 17.5 Å². The van der Waals surface area contributed by atoms with Crippen LogP contribution in [0.3, 0.4) is 0 Å². The first-order chi connectivity index (χ1) is 14.0. The van der Waals surface area contributed by atoms with Crippen molar-refractivity contribution in [2.24, 2.45) is 11.8 Å². The summed E-state index contributed by atoms with van der Waals surface area (Å²) in [6.45, 7) is 3.12. The molecular weight excluding hydrogens is 373 g/mol. The van der Waals surface area contributed by atoms with E-state index in [1.807, 2.05) is 4.90 Å². The number of amides is 2. The molecule has 3 heterocycles. The number of piperidine rings is 1. The molecule has 0 unspecified atom stereocenters. The van der Waals surface area contributed by atoms with Crippen LogP contribution in [0.25, 0.3) is 11.3 Å². The Kier molecular flexibility index (Phi) is 4.40. The maximum absolute atomic E-state index is 13.2. The minimum absolute atomic E-state index is 0.180. The van der Waals surface area contributed by atoms with Crippen molar-refractivity contribution in [1.82, 2.24) is 14.8 Å². The highest BCUT2D eigenvalue weighted by Gasteiger charge is 2.59. The minimum Gasteiger partial charge on any atom is -0.396 e. The van der Waals surface area contributed by atoms with Crippen LogP contribution < -0.4 is 11.1 Å². The van der Waals surface area contributed by atoms with Crippen LogP contribution >= 0.6 is 0 Å². The van der Waals surface area contributed by atoms with Crippen molar-refractivity contribution in [3.63, 3.8) is 0 Å². The standard InChI is InChI=1S/C21H24FN5O2/c1-26(14-10-29-11-14)19-15-8-27(9-16(15)19)21(28)25-20-17(23)6-7-18(24-20)12-2-4-13(22)5-3-12/h2-7,14-16,19H,8-11,23H2,1H3,(H,24,25,28)/t15-,16+,19+. The van der Waals surface area contributed by atoms with Gasteiger partial charge < -0.3 is 15.4 Å². The lowest BCUT2D eigenvalue weighted by Crippen LogP contribution is -2.50. The number of halogens is 1. The van der Waals surface area contributed by atoms with Gasteiger partial charge in [-0.1, -0.05) is 0 Å². The Balaban J connectivity index is 1.23. The molecule has 0 spiro atoms. The third-order valence-corrected chi connectivity index (χ3v) is 6.39. The second-order valence-corrected chi connectivity index (χ2v) is 8.15. The monoisotopic (exact) mass is 397 g/mol. The molecule has 1 aromatic carbocycles. The molecule has 0 bridgehead atoms. The number of anilines is 2. The van der Waals surface area contributed by atoms with Crippen LogP contribution in [0.2, 0.25) is 0 Å². The van der Waals surface area contributed by atoms with Crippen molar-refractivity contribution in [2.45, 2.75) is 12.1 Å². The molecule has 1 aliphatic carbocycles. The van der Waals surface area contributed by atoms with E-state index in [1.54, 1.807) is 24.3 Å². The summed E-state index contributed by atoms with van der Waals surface area (Å²) in [5.41, 5.74) is 7.80. The van der Waals surface area contributed by atoms with Gasteiger partial charge in [0.05, 0.1) is 30.6 Å². The maximum Gasteiger partial charge on any atom is 0.323 e. The number of hydrogen-bond donors (Lipinski definition) is 2. The van der Waals surface area contributed by atoms with Gasteiger partial charge in [0.2, 0.25) is 0 Å². The van der Waals surface area contributed by atoms with E-state index in [1.165, 1.54) is 12.1 Å². The summed E-state index contributed by atoms with van der Waals surface area (Å²) in [6, 6.07) is 10.4. The predicted octanol–water partition coefficient (Wildman–Crippen LogP) is 2.26. The molecular formula is C21H24FN5O2. The Bertz CT molecular complexity index is 921. The molecule has 2 aliphatic heterocycles. The van der Waals surface area contributed by atoms with Gasteiger partial charge in [0.25, 0.3) is 0 Å². The fourth-order valence-electron chi connectivity index (χ4n) is 4.50. The Morgan fingerprint density at radius 2 is 1.90 bits per heavy atom. The SMILES string of the molecule is CN(C1COC1)[C@H]1[C@@H]2CN(C(=O)Nc3nc(-c4ccc(F)cc4)ccc3N)C[C@@H]21. The number of aromatic nitrogens is 1. The number of rotatable bonds is 4. The number of carbonyl (C=O) groups excluding carboxylic acids is 1. The molecule has 3 N–H and O–H groups in total. The third-order valence-electron chi connectivity index (χ3n) is 6.39. The van der Waals surface area contributed by atoms with E-state index in [9.17, 15) is 9.18 Å². The molecule has 2 saturated heterocycles. The van der Waals surface area contributed by atoms with Crippen LogP contribution in [0, 0.1) is 17.7 Å². The summed E-state index contributed by atoms with van der Waals surface area (Å²) in [5, 5.41) is 2.85. The van der Waals surface area contributed by atoms with Crippen molar-refractivity contribution in [2.75, 3.05) is 44.4 Å². The second kappa shape index (κ2) is 6.96. The van der Waals surface area contributed by atoms with Gasteiger partial charge in [-0.3, -0.25) is 10.2 Å². The lowest BCUT2D eigenvalue weighted by molar-refractivity contribution is -0.0624. The van der Waals surface area contributed by atoms with Gasteiger partial charge in [-0.15, -0.1) is 0 Å². The van der Waals surface area contributed by atoms with Crippen LogP contribution in [0.15, 0.2) is 36.4 Å².